The Morgan fingerprint density at radius 1 is 1.17 bits per heavy atom. The number of rotatable bonds is 5. The first-order valence-electron chi connectivity index (χ1n) is 8.73. The van der Waals surface area contributed by atoms with Gasteiger partial charge in [-0.1, -0.05) is 0 Å². The van der Waals surface area contributed by atoms with Crippen molar-refractivity contribution in [1.29, 1.82) is 0 Å². The minimum Gasteiger partial charge on any atom is -0.444 e. The number of carbonyl (C=O) groups excluding carboxylic acids is 1. The van der Waals surface area contributed by atoms with Crippen LogP contribution in [0.5, 0.6) is 0 Å². The zero-order valence-corrected chi connectivity index (χ0v) is 16.7. The predicted octanol–water partition coefficient (Wildman–Crippen LogP) is 1.65. The number of nitrogens with one attached hydrogen (secondary N) is 1. The first-order chi connectivity index (χ1) is 13.3. The molecular formula is C16H20N4O8S. The topological polar surface area (TPSA) is 162 Å². The number of piperidine rings is 1. The highest BCUT2D eigenvalue weighted by molar-refractivity contribution is 7.89. The number of likely N-dealkylation sites (tertiary alicyclic amines) is 1. The summed E-state index contributed by atoms with van der Waals surface area (Å²) in [7, 11) is -4.27. The molecule has 1 saturated heterocycles. The van der Waals surface area contributed by atoms with E-state index in [4.69, 9.17) is 4.74 Å². The van der Waals surface area contributed by atoms with E-state index in [9.17, 15) is 33.4 Å². The number of nitro groups is 2. The number of nitrogens with zero attached hydrogens (tertiary/aromatic N) is 3. The summed E-state index contributed by atoms with van der Waals surface area (Å²) in [6.45, 7) is 5.87. The first-order valence-corrected chi connectivity index (χ1v) is 10.2. The maximum absolute atomic E-state index is 12.6. The van der Waals surface area contributed by atoms with Crippen molar-refractivity contribution in [3.8, 4) is 0 Å². The second-order valence-corrected chi connectivity index (χ2v) is 9.71. The summed E-state index contributed by atoms with van der Waals surface area (Å²) < 4.78 is 33.0. The molecule has 1 aliphatic carbocycles. The molecule has 12 nitrogen and oxygen atoms in total. The summed E-state index contributed by atoms with van der Waals surface area (Å²) in [5, 5.41) is 22.0. The Morgan fingerprint density at radius 3 is 2.24 bits per heavy atom. The molecule has 3 rings (SSSR count). The van der Waals surface area contributed by atoms with Gasteiger partial charge in [-0.3, -0.25) is 20.2 Å². The second kappa shape index (κ2) is 6.91. The van der Waals surface area contributed by atoms with Crippen LogP contribution in [0.4, 0.5) is 16.2 Å². The van der Waals surface area contributed by atoms with Crippen LogP contribution in [0.3, 0.4) is 0 Å². The van der Waals surface area contributed by atoms with Gasteiger partial charge >= 0.3 is 6.09 Å². The van der Waals surface area contributed by atoms with Crippen LogP contribution in [0.15, 0.2) is 23.1 Å². The van der Waals surface area contributed by atoms with E-state index in [-0.39, 0.29) is 11.8 Å². The lowest BCUT2D eigenvalue weighted by Gasteiger charge is -2.26. The fourth-order valence-corrected chi connectivity index (χ4v) is 4.90. The van der Waals surface area contributed by atoms with Crippen LogP contribution < -0.4 is 4.72 Å². The number of nitro benzene ring substituents is 2. The molecular weight excluding hydrogens is 408 g/mol. The van der Waals surface area contributed by atoms with Crippen molar-refractivity contribution in [3.63, 3.8) is 0 Å². The summed E-state index contributed by atoms with van der Waals surface area (Å²) >= 11 is 0. The van der Waals surface area contributed by atoms with Gasteiger partial charge in [0.1, 0.15) is 5.60 Å². The van der Waals surface area contributed by atoms with Crippen molar-refractivity contribution >= 4 is 27.5 Å². The summed E-state index contributed by atoms with van der Waals surface area (Å²) in [5.41, 5.74) is -2.08. The average Bonchev–Trinajstić information content (AvgIpc) is 3.02. The molecule has 1 heterocycles. The second-order valence-electron chi connectivity index (χ2n) is 8.03. The number of fused-ring (bicyclic) bond motifs is 1. The molecule has 0 bridgehead atoms. The molecule has 0 spiro atoms. The maximum Gasteiger partial charge on any atom is 0.410 e. The Labute approximate surface area is 166 Å². The van der Waals surface area contributed by atoms with E-state index in [1.54, 1.807) is 20.8 Å². The van der Waals surface area contributed by atoms with Crippen molar-refractivity contribution in [3.05, 3.63) is 38.4 Å². The van der Waals surface area contributed by atoms with E-state index in [0.717, 1.165) is 12.1 Å². The molecule has 1 amide bonds. The number of hydrogen-bond donors (Lipinski definition) is 1. The van der Waals surface area contributed by atoms with Crippen molar-refractivity contribution in [1.82, 2.24) is 9.62 Å². The van der Waals surface area contributed by atoms with Crippen LogP contribution in [0.25, 0.3) is 0 Å². The minimum atomic E-state index is -4.27. The lowest BCUT2D eigenvalue weighted by atomic mass is 10.2. The van der Waals surface area contributed by atoms with E-state index in [2.05, 4.69) is 4.72 Å². The molecule has 1 N–H and O–H groups in total. The normalized spacial score (nSPS) is 23.4. The van der Waals surface area contributed by atoms with Crippen molar-refractivity contribution in [2.45, 2.75) is 37.3 Å². The van der Waals surface area contributed by atoms with Gasteiger partial charge in [-0.2, -0.15) is 0 Å². The van der Waals surface area contributed by atoms with Crippen LogP contribution >= 0.6 is 0 Å². The van der Waals surface area contributed by atoms with Crippen molar-refractivity contribution in [2.24, 2.45) is 11.8 Å². The van der Waals surface area contributed by atoms with Gasteiger partial charge in [-0.25, -0.2) is 17.9 Å². The molecule has 2 fully saturated rings. The number of non-ortho nitro benzene ring substituents is 1. The Hall–Kier alpha value is -2.80. The molecule has 2 aliphatic rings. The van der Waals surface area contributed by atoms with E-state index >= 15 is 0 Å². The van der Waals surface area contributed by atoms with Gasteiger partial charge in [0, 0.05) is 25.2 Å². The molecule has 1 aliphatic heterocycles. The molecule has 158 valence electrons. The minimum absolute atomic E-state index is 0.116. The Bertz CT molecular complexity index is 975. The molecule has 3 atom stereocenters. The zero-order chi connectivity index (χ0) is 21.7. The van der Waals surface area contributed by atoms with E-state index in [0.29, 0.717) is 19.2 Å². The molecule has 1 aromatic rings. The summed E-state index contributed by atoms with van der Waals surface area (Å²) in [6.07, 6.45) is -0.475. The third-order valence-corrected chi connectivity index (χ3v) is 6.28. The highest BCUT2D eigenvalue weighted by atomic mass is 32.2. The quantitative estimate of drug-likeness (QED) is 0.546. The van der Waals surface area contributed by atoms with Crippen LogP contribution in [0.2, 0.25) is 0 Å². The van der Waals surface area contributed by atoms with Crippen LogP contribution in [-0.2, 0) is 14.8 Å². The van der Waals surface area contributed by atoms with Gasteiger partial charge < -0.3 is 9.64 Å². The smallest absolute Gasteiger partial charge is 0.410 e. The number of carbonyl (C=O) groups is 1. The Kier molecular flexibility index (Phi) is 4.99. The molecule has 0 unspecified atom stereocenters. The van der Waals surface area contributed by atoms with Crippen LogP contribution in [-0.4, -0.2) is 54.0 Å². The van der Waals surface area contributed by atoms with Gasteiger partial charge in [0.05, 0.1) is 15.9 Å². The fraction of sp³-hybridized carbons (Fsp3) is 0.562. The van der Waals surface area contributed by atoms with Gasteiger partial charge in [-0.15, -0.1) is 0 Å². The van der Waals surface area contributed by atoms with Crippen molar-refractivity contribution in [2.75, 3.05) is 13.1 Å². The predicted molar refractivity (Wildman–Crippen MR) is 98.6 cm³/mol. The van der Waals surface area contributed by atoms with Gasteiger partial charge in [0.2, 0.25) is 10.0 Å². The van der Waals surface area contributed by atoms with E-state index < -0.39 is 53.9 Å². The highest BCUT2D eigenvalue weighted by Gasteiger charge is 2.58. The number of benzene rings is 1. The Balaban J connectivity index is 1.70. The van der Waals surface area contributed by atoms with E-state index in [1.807, 2.05) is 0 Å². The summed E-state index contributed by atoms with van der Waals surface area (Å²) in [6, 6.07) is 1.91. The number of sulfonamides is 1. The largest absolute Gasteiger partial charge is 0.444 e. The number of ether oxygens (including phenoxy) is 1. The first kappa shape index (κ1) is 20.9. The maximum atomic E-state index is 12.6. The molecule has 13 heteroatoms. The SMILES string of the molecule is CC(C)(C)OC(=O)N1C[C@@H]2[C@H](C1)[C@H]2NS(=O)(=O)c1ccc([N+](=O)[O-])cc1[N+](=O)[O-]. The van der Waals surface area contributed by atoms with Gasteiger partial charge in [0.15, 0.2) is 4.90 Å². The van der Waals surface area contributed by atoms with Crippen molar-refractivity contribution < 1.29 is 27.8 Å². The summed E-state index contributed by atoms with van der Waals surface area (Å²) in [5.74, 6) is -0.233. The summed E-state index contributed by atoms with van der Waals surface area (Å²) in [4.78, 5) is 33.1. The molecule has 1 saturated carbocycles. The molecule has 29 heavy (non-hydrogen) atoms. The van der Waals surface area contributed by atoms with E-state index in [1.165, 1.54) is 4.90 Å². The lowest BCUT2D eigenvalue weighted by Crippen LogP contribution is -2.40. The molecule has 0 radical (unpaired) electrons. The van der Waals surface area contributed by atoms with Crippen LogP contribution in [0, 0.1) is 32.1 Å². The average molecular weight is 428 g/mol. The lowest BCUT2D eigenvalue weighted by molar-refractivity contribution is -0.396. The van der Waals surface area contributed by atoms with Crippen LogP contribution in [0.1, 0.15) is 20.8 Å². The monoisotopic (exact) mass is 428 g/mol. The highest BCUT2D eigenvalue weighted by Crippen LogP contribution is 2.46. The molecule has 0 aromatic heterocycles. The standard InChI is InChI=1S/C16H20N4O8S/c1-16(2,3)28-15(21)18-7-10-11(8-18)14(10)17-29(26,27)13-5-4-9(19(22)23)6-12(13)20(24)25/h4-6,10-11,14,17H,7-8H2,1-3H3/t10-,11+,14+. The van der Waals surface area contributed by atoms with Gasteiger partial charge in [0.25, 0.3) is 11.4 Å². The molecule has 1 aromatic carbocycles. The zero-order valence-electron chi connectivity index (χ0n) is 15.9. The third kappa shape index (κ3) is 4.29. The Morgan fingerprint density at radius 2 is 1.76 bits per heavy atom. The third-order valence-electron chi connectivity index (χ3n) is 4.78. The van der Waals surface area contributed by atoms with Gasteiger partial charge in [-0.05, 0) is 38.7 Å². The number of amides is 1. The number of hydrogen-bond acceptors (Lipinski definition) is 8. The fourth-order valence-electron chi connectivity index (χ4n) is 3.41.